The van der Waals surface area contributed by atoms with Crippen molar-refractivity contribution in [2.45, 2.75) is 75.9 Å². The number of carbonyl (C=O) groups excluding carboxylic acids is 3. The van der Waals surface area contributed by atoms with Gasteiger partial charge < -0.3 is 49.7 Å². The topological polar surface area (TPSA) is 204 Å². The largest absolute Gasteiger partial charge is 0.465 e. The summed E-state index contributed by atoms with van der Waals surface area (Å²) in [4.78, 5) is 70.5. The summed E-state index contributed by atoms with van der Waals surface area (Å²) in [5, 5.41) is 16.4. The number of rotatable bonds is 12. The number of aromatic amines is 2. The lowest BCUT2D eigenvalue weighted by Gasteiger charge is -2.30. The number of likely N-dealkylation sites (tertiary alicyclic amines) is 2. The third-order valence-electron chi connectivity index (χ3n) is 11.2. The van der Waals surface area contributed by atoms with E-state index >= 15 is 0 Å². The molecule has 2 aromatic heterocycles. The molecule has 3 aromatic carbocycles. The molecule has 0 bridgehead atoms. The minimum atomic E-state index is -1.28. The van der Waals surface area contributed by atoms with Crippen molar-refractivity contribution in [3.8, 4) is 22.4 Å². The average Bonchev–Trinajstić information content (AvgIpc) is 4.06. The molecular formula is C41H48N8O8. The van der Waals surface area contributed by atoms with E-state index in [-0.39, 0.29) is 23.9 Å². The van der Waals surface area contributed by atoms with Crippen LogP contribution in [0.5, 0.6) is 0 Å². The summed E-state index contributed by atoms with van der Waals surface area (Å²) in [5.74, 6) is 0.743. The molecule has 0 saturated carbocycles. The molecule has 4 amide bonds. The van der Waals surface area contributed by atoms with Crippen LogP contribution in [-0.4, -0.2) is 118 Å². The lowest BCUT2D eigenvalue weighted by atomic mass is 9.99. The van der Waals surface area contributed by atoms with Gasteiger partial charge in [-0.25, -0.2) is 19.6 Å². The molecule has 6 atom stereocenters. The molecule has 7 rings (SSSR count). The number of ether oxygens (including phenoxy) is 3. The number of fused-ring (bicyclic) bond motifs is 2. The predicted molar refractivity (Wildman–Crippen MR) is 211 cm³/mol. The van der Waals surface area contributed by atoms with Crippen LogP contribution < -0.4 is 10.6 Å². The Balaban J connectivity index is 1.07. The van der Waals surface area contributed by atoms with Crippen LogP contribution in [0.3, 0.4) is 0 Å². The van der Waals surface area contributed by atoms with Crippen LogP contribution >= 0.6 is 0 Å². The van der Waals surface area contributed by atoms with Crippen molar-refractivity contribution in [3.63, 3.8) is 0 Å². The Kier molecular flexibility index (Phi) is 11.4. The number of H-pyrrole nitrogens is 2. The van der Waals surface area contributed by atoms with E-state index in [4.69, 9.17) is 19.2 Å². The quantitative estimate of drug-likeness (QED) is 0.107. The Morgan fingerprint density at radius 2 is 1.32 bits per heavy atom. The molecule has 2 fully saturated rings. The van der Waals surface area contributed by atoms with Gasteiger partial charge in [0.25, 0.3) is 0 Å². The van der Waals surface area contributed by atoms with Crippen molar-refractivity contribution in [2.75, 3.05) is 34.4 Å². The van der Waals surface area contributed by atoms with E-state index in [0.29, 0.717) is 31.2 Å². The monoisotopic (exact) mass is 780 g/mol. The summed E-state index contributed by atoms with van der Waals surface area (Å²) in [6.07, 6.45) is 1.59. The normalized spacial score (nSPS) is 19.0. The second-order valence-corrected chi connectivity index (χ2v) is 14.6. The van der Waals surface area contributed by atoms with Gasteiger partial charge in [-0.1, -0.05) is 30.3 Å². The number of carboxylic acid groups (broad SMARTS) is 1. The SMILES string of the molecule is COC(=O)N[C@H](C(=O)N1CCC[C@H]1c1nc2ccc(-c3ccc4cc(-c5cnc([C@@H]6CCCN6C(=O)[C@@H](NC(=O)O)[C@@H](C)OC)[nH]5)ccc4c3)cc2[nH]1)[C@@H](C)OC. The molecule has 300 valence electrons. The highest BCUT2D eigenvalue weighted by molar-refractivity contribution is 5.92. The third kappa shape index (κ3) is 8.00. The molecule has 0 unspecified atom stereocenters. The number of benzene rings is 3. The Hall–Kier alpha value is -6.00. The average molecular weight is 781 g/mol. The van der Waals surface area contributed by atoms with Crippen LogP contribution in [0, 0.1) is 0 Å². The number of alkyl carbamates (subject to hydrolysis) is 1. The van der Waals surface area contributed by atoms with Gasteiger partial charge in [-0.05, 0) is 85.7 Å². The van der Waals surface area contributed by atoms with Gasteiger partial charge in [-0.3, -0.25) is 9.59 Å². The fourth-order valence-corrected chi connectivity index (χ4v) is 7.95. The number of methoxy groups -OCH3 is 3. The van der Waals surface area contributed by atoms with Gasteiger partial charge in [0.1, 0.15) is 23.7 Å². The standard InChI is InChI=1S/C41H48N8O8/c1-22(55-3)34(46-40(52)53)38(50)48-16-6-8-32(48)36-42-21-31(45-36)28-13-12-24-18-25(10-11-26(24)19-28)27-14-15-29-30(20-27)44-37(43-29)33-9-7-17-49(33)39(51)35(23(2)56-4)47-41(54)57-5/h10-15,18-23,32-35,46H,6-9,16-17H2,1-5H3,(H,42,45)(H,43,44)(H,47,54)(H,52,53)/t22-,23-,32+,33+,34+,35+/m1/s1. The highest BCUT2D eigenvalue weighted by Gasteiger charge is 2.40. The second-order valence-electron chi connectivity index (χ2n) is 14.6. The van der Waals surface area contributed by atoms with Crippen LogP contribution in [0.15, 0.2) is 60.8 Å². The highest BCUT2D eigenvalue weighted by Crippen LogP contribution is 2.36. The maximum atomic E-state index is 13.7. The van der Waals surface area contributed by atoms with Crippen LogP contribution in [0.25, 0.3) is 44.2 Å². The summed E-state index contributed by atoms with van der Waals surface area (Å²) in [7, 11) is 4.20. The first-order valence-electron chi connectivity index (χ1n) is 19.1. The summed E-state index contributed by atoms with van der Waals surface area (Å²) >= 11 is 0. The first-order chi connectivity index (χ1) is 27.5. The van der Waals surface area contributed by atoms with E-state index in [1.54, 1.807) is 29.8 Å². The predicted octanol–water partition coefficient (Wildman–Crippen LogP) is 5.53. The van der Waals surface area contributed by atoms with E-state index in [2.05, 4.69) is 62.0 Å². The smallest absolute Gasteiger partial charge is 0.407 e. The minimum absolute atomic E-state index is 0.253. The van der Waals surface area contributed by atoms with Gasteiger partial charge in [0.05, 0.1) is 54.3 Å². The van der Waals surface area contributed by atoms with Crippen molar-refractivity contribution in [3.05, 3.63) is 72.4 Å². The van der Waals surface area contributed by atoms with Crippen LogP contribution in [-0.2, 0) is 23.8 Å². The first-order valence-corrected chi connectivity index (χ1v) is 19.1. The molecule has 2 saturated heterocycles. The molecule has 0 spiro atoms. The molecule has 5 N–H and O–H groups in total. The van der Waals surface area contributed by atoms with Gasteiger partial charge in [-0.15, -0.1) is 0 Å². The number of imidazole rings is 2. The van der Waals surface area contributed by atoms with Gasteiger partial charge in [0, 0.05) is 32.9 Å². The zero-order valence-corrected chi connectivity index (χ0v) is 32.6. The highest BCUT2D eigenvalue weighted by atomic mass is 16.5. The van der Waals surface area contributed by atoms with Gasteiger partial charge in [0.15, 0.2) is 0 Å². The number of carbonyl (C=O) groups is 4. The molecular weight excluding hydrogens is 732 g/mol. The summed E-state index contributed by atoms with van der Waals surface area (Å²) in [5.41, 5.74) is 5.44. The fourth-order valence-electron chi connectivity index (χ4n) is 7.95. The van der Waals surface area contributed by atoms with Crippen molar-refractivity contribution in [2.24, 2.45) is 0 Å². The van der Waals surface area contributed by atoms with Gasteiger partial charge in [-0.2, -0.15) is 0 Å². The lowest BCUT2D eigenvalue weighted by Crippen LogP contribution is -2.54. The first kappa shape index (κ1) is 39.2. The Morgan fingerprint density at radius 1 is 0.754 bits per heavy atom. The fraction of sp³-hybridized carbons (Fsp3) is 0.415. The maximum Gasteiger partial charge on any atom is 0.407 e. The molecule has 16 heteroatoms. The molecule has 16 nitrogen and oxygen atoms in total. The maximum absolute atomic E-state index is 13.7. The van der Waals surface area contributed by atoms with Crippen LogP contribution in [0.4, 0.5) is 9.59 Å². The van der Waals surface area contributed by atoms with Gasteiger partial charge in [0.2, 0.25) is 11.8 Å². The number of nitrogens with one attached hydrogen (secondary N) is 4. The van der Waals surface area contributed by atoms with E-state index < -0.39 is 36.5 Å². The van der Waals surface area contributed by atoms with E-state index in [0.717, 1.165) is 63.5 Å². The van der Waals surface area contributed by atoms with Crippen molar-refractivity contribution in [1.82, 2.24) is 40.4 Å². The van der Waals surface area contributed by atoms with Crippen LogP contribution in [0.2, 0.25) is 0 Å². The Morgan fingerprint density at radius 3 is 1.93 bits per heavy atom. The number of nitrogens with zero attached hydrogens (tertiary/aromatic N) is 4. The number of hydrogen-bond acceptors (Lipinski definition) is 9. The Labute approximate surface area is 329 Å². The summed E-state index contributed by atoms with van der Waals surface area (Å²) < 4.78 is 15.5. The molecule has 5 aromatic rings. The molecule has 2 aliphatic rings. The third-order valence-corrected chi connectivity index (χ3v) is 11.2. The second kappa shape index (κ2) is 16.6. The lowest BCUT2D eigenvalue weighted by molar-refractivity contribution is -0.138. The molecule has 0 aliphatic carbocycles. The number of aromatic nitrogens is 4. The van der Waals surface area contributed by atoms with E-state index in [1.807, 2.05) is 18.2 Å². The molecule has 0 radical (unpaired) electrons. The van der Waals surface area contributed by atoms with Gasteiger partial charge >= 0.3 is 12.2 Å². The van der Waals surface area contributed by atoms with Crippen molar-refractivity contribution >= 4 is 45.8 Å². The van der Waals surface area contributed by atoms with Crippen LogP contribution in [0.1, 0.15) is 63.3 Å². The zero-order valence-electron chi connectivity index (χ0n) is 32.6. The molecule has 57 heavy (non-hydrogen) atoms. The Bertz CT molecular complexity index is 2290. The van der Waals surface area contributed by atoms with Crippen molar-refractivity contribution in [1.29, 1.82) is 0 Å². The molecule has 2 aliphatic heterocycles. The summed E-state index contributed by atoms with van der Waals surface area (Å²) in [6, 6.07) is 16.0. The summed E-state index contributed by atoms with van der Waals surface area (Å²) in [6.45, 7) is 4.42. The van der Waals surface area contributed by atoms with E-state index in [1.165, 1.54) is 21.3 Å². The molecule has 4 heterocycles. The number of amides is 4. The van der Waals surface area contributed by atoms with E-state index in [9.17, 15) is 24.3 Å². The van der Waals surface area contributed by atoms with Crippen molar-refractivity contribution < 1.29 is 38.5 Å². The minimum Gasteiger partial charge on any atom is -0.465 e. The zero-order chi connectivity index (χ0) is 40.4. The number of hydrogen-bond donors (Lipinski definition) is 5.